The Morgan fingerprint density at radius 2 is 2.28 bits per heavy atom. The maximum Gasteiger partial charge on any atom is 0.240 e. The van der Waals surface area contributed by atoms with E-state index in [0.717, 1.165) is 19.6 Å². The third-order valence-electron chi connectivity index (χ3n) is 3.28. The van der Waals surface area contributed by atoms with Crippen LogP contribution in [-0.4, -0.2) is 27.9 Å². The molecule has 0 unspecified atom stereocenters. The van der Waals surface area contributed by atoms with Gasteiger partial charge in [0.25, 0.3) is 0 Å². The third kappa shape index (κ3) is 2.04. The summed E-state index contributed by atoms with van der Waals surface area (Å²) in [7, 11) is 0. The molecule has 1 aliphatic rings. The molecule has 2 atom stereocenters. The summed E-state index contributed by atoms with van der Waals surface area (Å²) in [6.07, 6.45) is 5.04. The number of aromatic nitrogens is 3. The van der Waals surface area contributed by atoms with E-state index in [1.165, 1.54) is 0 Å². The molecule has 3 heterocycles. The van der Waals surface area contributed by atoms with E-state index >= 15 is 0 Å². The van der Waals surface area contributed by atoms with Gasteiger partial charge in [0.05, 0.1) is 13.2 Å². The normalized spacial score (nSPS) is 21.3. The van der Waals surface area contributed by atoms with Crippen molar-refractivity contribution in [2.24, 2.45) is 11.7 Å². The van der Waals surface area contributed by atoms with Crippen LogP contribution in [0.4, 0.5) is 0 Å². The van der Waals surface area contributed by atoms with Crippen molar-refractivity contribution < 1.29 is 9.26 Å². The first-order valence-electron chi connectivity index (χ1n) is 6.11. The lowest BCUT2D eigenvalue weighted by Gasteiger charge is -2.20. The van der Waals surface area contributed by atoms with Crippen molar-refractivity contribution in [3.05, 3.63) is 36.2 Å². The molecule has 1 saturated heterocycles. The van der Waals surface area contributed by atoms with Crippen LogP contribution in [0.25, 0.3) is 0 Å². The van der Waals surface area contributed by atoms with Crippen molar-refractivity contribution in [2.75, 3.05) is 13.2 Å². The van der Waals surface area contributed by atoms with Crippen LogP contribution in [0.1, 0.15) is 24.2 Å². The second kappa shape index (κ2) is 4.91. The SMILES string of the molecule is NCc1nc([C@H]([C@H]2CCOC2)n2cccc2)no1. The number of rotatable bonds is 4. The van der Waals surface area contributed by atoms with Gasteiger partial charge >= 0.3 is 0 Å². The molecule has 1 fully saturated rings. The van der Waals surface area contributed by atoms with Gasteiger partial charge in [0.2, 0.25) is 5.89 Å². The zero-order valence-electron chi connectivity index (χ0n) is 10.0. The number of nitrogens with two attached hydrogens (primary N) is 1. The highest BCUT2D eigenvalue weighted by Crippen LogP contribution is 2.30. The van der Waals surface area contributed by atoms with E-state index in [0.29, 0.717) is 17.6 Å². The molecule has 2 N–H and O–H groups in total. The molecule has 0 aliphatic carbocycles. The molecule has 1 aliphatic heterocycles. The summed E-state index contributed by atoms with van der Waals surface area (Å²) in [5.74, 6) is 1.53. The van der Waals surface area contributed by atoms with Crippen LogP contribution in [0.3, 0.4) is 0 Å². The molecule has 0 amide bonds. The minimum absolute atomic E-state index is 0.0616. The van der Waals surface area contributed by atoms with Gasteiger partial charge in [-0.05, 0) is 18.6 Å². The molecule has 2 aromatic rings. The lowest BCUT2D eigenvalue weighted by molar-refractivity contribution is 0.176. The topological polar surface area (TPSA) is 79.1 Å². The summed E-state index contributed by atoms with van der Waals surface area (Å²) < 4.78 is 12.7. The summed E-state index contributed by atoms with van der Waals surface area (Å²) in [5.41, 5.74) is 5.51. The summed E-state index contributed by atoms with van der Waals surface area (Å²) in [6, 6.07) is 4.05. The second-order valence-electron chi connectivity index (χ2n) is 4.45. The molecule has 0 spiro atoms. The van der Waals surface area contributed by atoms with Gasteiger partial charge in [-0.2, -0.15) is 4.98 Å². The Kier molecular flexibility index (Phi) is 3.12. The van der Waals surface area contributed by atoms with E-state index in [-0.39, 0.29) is 12.6 Å². The van der Waals surface area contributed by atoms with Crippen LogP contribution in [0.2, 0.25) is 0 Å². The van der Waals surface area contributed by atoms with E-state index < -0.39 is 0 Å². The molecule has 3 rings (SSSR count). The summed E-state index contributed by atoms with van der Waals surface area (Å²) >= 11 is 0. The van der Waals surface area contributed by atoms with E-state index in [2.05, 4.69) is 14.7 Å². The van der Waals surface area contributed by atoms with Crippen LogP contribution in [0.15, 0.2) is 29.0 Å². The highest BCUT2D eigenvalue weighted by atomic mass is 16.5. The lowest BCUT2D eigenvalue weighted by atomic mass is 9.98. The standard InChI is InChI=1S/C12H16N4O2/c13-7-10-14-12(15-18-10)11(9-3-6-17-8-9)16-4-1-2-5-16/h1-2,4-5,9,11H,3,6-8,13H2/t9-,11-/m0/s1. The number of nitrogens with zero attached hydrogens (tertiary/aromatic N) is 3. The Balaban J connectivity index is 1.93. The van der Waals surface area contributed by atoms with Gasteiger partial charge in [0, 0.05) is 24.9 Å². The summed E-state index contributed by atoms with van der Waals surface area (Å²) in [4.78, 5) is 4.35. The lowest BCUT2D eigenvalue weighted by Crippen LogP contribution is -2.21. The second-order valence-corrected chi connectivity index (χ2v) is 4.45. The number of ether oxygens (including phenoxy) is 1. The van der Waals surface area contributed by atoms with Crippen LogP contribution in [-0.2, 0) is 11.3 Å². The van der Waals surface area contributed by atoms with Crippen LogP contribution in [0, 0.1) is 5.92 Å². The summed E-state index contributed by atoms with van der Waals surface area (Å²) in [5, 5.41) is 4.05. The van der Waals surface area contributed by atoms with E-state index in [1.807, 2.05) is 24.5 Å². The van der Waals surface area contributed by atoms with Gasteiger partial charge in [0.15, 0.2) is 5.82 Å². The third-order valence-corrected chi connectivity index (χ3v) is 3.28. The molecular formula is C12H16N4O2. The molecule has 6 heteroatoms. The van der Waals surface area contributed by atoms with Gasteiger partial charge in [0.1, 0.15) is 6.04 Å². The van der Waals surface area contributed by atoms with Crippen molar-refractivity contribution in [1.29, 1.82) is 0 Å². The molecule has 0 bridgehead atoms. The number of hydrogen-bond donors (Lipinski definition) is 1. The van der Waals surface area contributed by atoms with E-state index in [1.54, 1.807) is 0 Å². The van der Waals surface area contributed by atoms with Gasteiger partial charge in [-0.15, -0.1) is 0 Å². The van der Waals surface area contributed by atoms with E-state index in [4.69, 9.17) is 15.0 Å². The highest BCUT2D eigenvalue weighted by Gasteiger charge is 2.31. The Hall–Kier alpha value is -1.66. The van der Waals surface area contributed by atoms with Crippen LogP contribution in [0.5, 0.6) is 0 Å². The minimum Gasteiger partial charge on any atom is -0.381 e. The largest absolute Gasteiger partial charge is 0.381 e. The van der Waals surface area contributed by atoms with E-state index in [9.17, 15) is 0 Å². The first kappa shape index (κ1) is 11.4. The molecule has 0 saturated carbocycles. The molecule has 96 valence electrons. The predicted molar refractivity (Wildman–Crippen MR) is 63.7 cm³/mol. The van der Waals surface area contributed by atoms with Gasteiger partial charge in [-0.3, -0.25) is 0 Å². The fourth-order valence-electron chi connectivity index (χ4n) is 2.39. The quantitative estimate of drug-likeness (QED) is 0.871. The Morgan fingerprint density at radius 3 is 2.89 bits per heavy atom. The highest BCUT2D eigenvalue weighted by molar-refractivity contribution is 5.05. The molecule has 0 aromatic carbocycles. The molecule has 18 heavy (non-hydrogen) atoms. The summed E-state index contributed by atoms with van der Waals surface area (Å²) in [6.45, 7) is 1.80. The Labute approximate surface area is 105 Å². The van der Waals surface area contributed by atoms with Gasteiger partial charge < -0.3 is 19.6 Å². The Bertz CT molecular complexity index is 488. The first-order chi connectivity index (χ1) is 8.88. The minimum atomic E-state index is 0.0616. The maximum atomic E-state index is 5.51. The molecular weight excluding hydrogens is 232 g/mol. The molecule has 2 aromatic heterocycles. The first-order valence-corrected chi connectivity index (χ1v) is 6.11. The predicted octanol–water partition coefficient (Wildman–Crippen LogP) is 0.956. The monoisotopic (exact) mass is 248 g/mol. The average molecular weight is 248 g/mol. The van der Waals surface area contributed by atoms with Crippen molar-refractivity contribution >= 4 is 0 Å². The fraction of sp³-hybridized carbons (Fsp3) is 0.500. The van der Waals surface area contributed by atoms with Crippen LogP contribution >= 0.6 is 0 Å². The van der Waals surface area contributed by atoms with Crippen molar-refractivity contribution in [3.8, 4) is 0 Å². The van der Waals surface area contributed by atoms with Crippen LogP contribution < -0.4 is 5.73 Å². The molecule has 0 radical (unpaired) electrons. The fourth-order valence-corrected chi connectivity index (χ4v) is 2.39. The van der Waals surface area contributed by atoms with Gasteiger partial charge in [-0.1, -0.05) is 5.16 Å². The van der Waals surface area contributed by atoms with Crippen molar-refractivity contribution in [2.45, 2.75) is 19.0 Å². The zero-order valence-corrected chi connectivity index (χ0v) is 10.0. The zero-order chi connectivity index (χ0) is 12.4. The van der Waals surface area contributed by atoms with Gasteiger partial charge in [-0.25, -0.2) is 0 Å². The van der Waals surface area contributed by atoms with Crippen molar-refractivity contribution in [1.82, 2.24) is 14.7 Å². The molecule has 6 nitrogen and oxygen atoms in total. The Morgan fingerprint density at radius 1 is 1.44 bits per heavy atom. The average Bonchev–Trinajstić information content (AvgIpc) is 3.13. The number of hydrogen-bond acceptors (Lipinski definition) is 5. The van der Waals surface area contributed by atoms with Crippen molar-refractivity contribution in [3.63, 3.8) is 0 Å². The maximum absolute atomic E-state index is 5.51. The smallest absolute Gasteiger partial charge is 0.240 e.